The Labute approximate surface area is 184 Å². The van der Waals surface area contributed by atoms with Crippen LogP contribution in [0.2, 0.25) is 5.02 Å². The lowest BCUT2D eigenvalue weighted by Gasteiger charge is -2.18. The summed E-state index contributed by atoms with van der Waals surface area (Å²) < 4.78 is 13.0. The second-order valence-electron chi connectivity index (χ2n) is 6.94. The number of nitrogens with one attached hydrogen (secondary N) is 2. The van der Waals surface area contributed by atoms with E-state index in [4.69, 9.17) is 11.6 Å². The highest BCUT2D eigenvalue weighted by molar-refractivity contribution is 6.31. The summed E-state index contributed by atoms with van der Waals surface area (Å²) in [5, 5.41) is 15.6. The number of carbonyl (C=O) groups excluding carboxylic acids is 1. The summed E-state index contributed by atoms with van der Waals surface area (Å²) in [6.45, 7) is 2.18. The van der Waals surface area contributed by atoms with Crippen LogP contribution in [-0.4, -0.2) is 28.5 Å². The van der Waals surface area contributed by atoms with Gasteiger partial charge < -0.3 is 15.7 Å². The van der Waals surface area contributed by atoms with Crippen molar-refractivity contribution < 1.29 is 19.1 Å². The number of nitrogens with zero attached hydrogens (tertiary/aromatic N) is 1. The van der Waals surface area contributed by atoms with Crippen molar-refractivity contribution >= 4 is 29.3 Å². The monoisotopic (exact) mass is 441 g/mol. The Balaban J connectivity index is 1.72. The lowest BCUT2D eigenvalue weighted by molar-refractivity contribution is 0.0693. The molecule has 0 spiro atoms. The van der Waals surface area contributed by atoms with Crippen LogP contribution in [0, 0.1) is 5.82 Å². The SMILES string of the molecule is C[C@H](NC(=O)c1cc(Cl)cnc1NCCc1ccc(F)cc1)c1ccccc1C(=O)O. The first-order valence-electron chi connectivity index (χ1n) is 9.62. The third kappa shape index (κ3) is 5.79. The summed E-state index contributed by atoms with van der Waals surface area (Å²) >= 11 is 6.04. The maximum Gasteiger partial charge on any atom is 0.336 e. The molecule has 2 aromatic carbocycles. The highest BCUT2D eigenvalue weighted by Gasteiger charge is 2.20. The van der Waals surface area contributed by atoms with E-state index in [0.29, 0.717) is 29.4 Å². The van der Waals surface area contributed by atoms with Gasteiger partial charge in [0.15, 0.2) is 0 Å². The summed E-state index contributed by atoms with van der Waals surface area (Å²) in [4.78, 5) is 28.6. The Morgan fingerprint density at radius 3 is 2.55 bits per heavy atom. The van der Waals surface area contributed by atoms with Gasteiger partial charge in [0.1, 0.15) is 11.6 Å². The van der Waals surface area contributed by atoms with Crippen LogP contribution in [0.3, 0.4) is 0 Å². The molecule has 0 radical (unpaired) electrons. The minimum absolute atomic E-state index is 0.122. The quantitative estimate of drug-likeness (QED) is 0.470. The number of anilines is 1. The molecule has 31 heavy (non-hydrogen) atoms. The number of halogens is 2. The van der Waals surface area contributed by atoms with Gasteiger partial charge in [-0.2, -0.15) is 0 Å². The number of carbonyl (C=O) groups is 2. The van der Waals surface area contributed by atoms with Gasteiger partial charge in [0, 0.05) is 12.7 Å². The number of carboxylic acid groups (broad SMARTS) is 1. The van der Waals surface area contributed by atoms with E-state index in [-0.39, 0.29) is 16.9 Å². The van der Waals surface area contributed by atoms with Crippen LogP contribution in [0.4, 0.5) is 10.2 Å². The molecule has 3 aromatic rings. The minimum atomic E-state index is -1.07. The minimum Gasteiger partial charge on any atom is -0.478 e. The molecule has 8 heteroatoms. The predicted octanol–water partition coefficient (Wildman–Crippen LogP) is 4.72. The number of hydrogen-bond acceptors (Lipinski definition) is 4. The molecule has 0 unspecified atom stereocenters. The molecule has 0 bridgehead atoms. The molecule has 0 aliphatic rings. The molecular formula is C23H21ClFN3O3. The second-order valence-corrected chi connectivity index (χ2v) is 7.38. The molecule has 0 fully saturated rings. The van der Waals surface area contributed by atoms with Crippen LogP contribution in [0.1, 0.15) is 44.8 Å². The summed E-state index contributed by atoms with van der Waals surface area (Å²) in [7, 11) is 0. The maximum absolute atomic E-state index is 13.0. The predicted molar refractivity (Wildman–Crippen MR) is 117 cm³/mol. The number of benzene rings is 2. The van der Waals surface area contributed by atoms with Gasteiger partial charge in [0.05, 0.1) is 22.2 Å². The van der Waals surface area contributed by atoms with E-state index in [9.17, 15) is 19.1 Å². The summed E-state index contributed by atoms with van der Waals surface area (Å²) in [6.07, 6.45) is 2.04. The third-order valence-electron chi connectivity index (χ3n) is 4.72. The first-order chi connectivity index (χ1) is 14.8. The first-order valence-corrected chi connectivity index (χ1v) is 10.00. The largest absolute Gasteiger partial charge is 0.478 e. The molecule has 0 saturated heterocycles. The molecule has 0 aliphatic carbocycles. The Hall–Kier alpha value is -3.45. The lowest BCUT2D eigenvalue weighted by Crippen LogP contribution is -2.29. The number of carboxylic acids is 1. The molecule has 3 rings (SSSR count). The molecule has 6 nitrogen and oxygen atoms in total. The van der Waals surface area contributed by atoms with Crippen molar-refractivity contribution in [3.05, 3.63) is 93.9 Å². The smallest absolute Gasteiger partial charge is 0.336 e. The zero-order chi connectivity index (χ0) is 22.4. The van der Waals surface area contributed by atoms with E-state index in [1.54, 1.807) is 37.3 Å². The highest BCUT2D eigenvalue weighted by atomic mass is 35.5. The summed E-state index contributed by atoms with van der Waals surface area (Å²) in [5.41, 5.74) is 1.79. The highest BCUT2D eigenvalue weighted by Crippen LogP contribution is 2.22. The van der Waals surface area contributed by atoms with Crippen molar-refractivity contribution in [1.29, 1.82) is 0 Å². The van der Waals surface area contributed by atoms with Crippen LogP contribution < -0.4 is 10.6 Å². The standard InChI is InChI=1S/C23H21ClFN3O3/c1-14(18-4-2-3-5-19(18)23(30)31)28-22(29)20-12-16(24)13-27-21(20)26-11-10-15-6-8-17(25)9-7-15/h2-9,12-14H,10-11H2,1H3,(H,26,27)(H,28,29)(H,30,31)/t14-/m0/s1. The van der Waals surface area contributed by atoms with E-state index in [1.807, 2.05) is 0 Å². The van der Waals surface area contributed by atoms with Gasteiger partial charge in [-0.25, -0.2) is 14.2 Å². The molecule has 1 heterocycles. The van der Waals surface area contributed by atoms with Crippen molar-refractivity contribution in [1.82, 2.24) is 10.3 Å². The number of amides is 1. The fraction of sp³-hybridized carbons (Fsp3) is 0.174. The van der Waals surface area contributed by atoms with Gasteiger partial charge in [-0.15, -0.1) is 0 Å². The lowest BCUT2D eigenvalue weighted by atomic mass is 10.0. The van der Waals surface area contributed by atoms with Crippen LogP contribution in [-0.2, 0) is 6.42 Å². The van der Waals surface area contributed by atoms with Crippen LogP contribution in [0.5, 0.6) is 0 Å². The molecular weight excluding hydrogens is 421 g/mol. The van der Waals surface area contributed by atoms with Gasteiger partial charge in [-0.05, 0) is 48.7 Å². The molecule has 3 N–H and O–H groups in total. The van der Waals surface area contributed by atoms with E-state index in [0.717, 1.165) is 5.56 Å². The summed E-state index contributed by atoms with van der Waals surface area (Å²) in [6, 6.07) is 13.6. The maximum atomic E-state index is 13.0. The first kappa shape index (κ1) is 22.2. The van der Waals surface area contributed by atoms with E-state index >= 15 is 0 Å². The Kier molecular flexibility index (Phi) is 7.20. The van der Waals surface area contributed by atoms with E-state index in [2.05, 4.69) is 15.6 Å². The zero-order valence-corrected chi connectivity index (χ0v) is 17.5. The van der Waals surface area contributed by atoms with Crippen molar-refractivity contribution in [3.8, 4) is 0 Å². The van der Waals surface area contributed by atoms with Crippen LogP contribution >= 0.6 is 11.6 Å². The Bertz CT molecular complexity index is 1090. The van der Waals surface area contributed by atoms with Gasteiger partial charge >= 0.3 is 5.97 Å². The number of pyridine rings is 1. The van der Waals surface area contributed by atoms with Gasteiger partial charge in [-0.3, -0.25) is 4.79 Å². The molecule has 160 valence electrons. The number of aromatic nitrogens is 1. The molecule has 0 aliphatic heterocycles. The molecule has 1 aromatic heterocycles. The van der Waals surface area contributed by atoms with Crippen molar-refractivity contribution in [2.24, 2.45) is 0 Å². The van der Waals surface area contributed by atoms with Gasteiger partial charge in [0.25, 0.3) is 5.91 Å². The Morgan fingerprint density at radius 1 is 1.13 bits per heavy atom. The van der Waals surface area contributed by atoms with Crippen LogP contribution in [0.15, 0.2) is 60.8 Å². The normalized spacial score (nSPS) is 11.6. The topological polar surface area (TPSA) is 91.3 Å². The average Bonchev–Trinajstić information content (AvgIpc) is 2.76. The summed E-state index contributed by atoms with van der Waals surface area (Å²) in [5.74, 6) is -1.45. The van der Waals surface area contributed by atoms with E-state index in [1.165, 1.54) is 30.5 Å². The van der Waals surface area contributed by atoms with Gasteiger partial charge in [0.2, 0.25) is 0 Å². The molecule has 1 amide bonds. The fourth-order valence-electron chi connectivity index (χ4n) is 3.15. The van der Waals surface area contributed by atoms with Crippen molar-refractivity contribution in [2.45, 2.75) is 19.4 Å². The molecule has 1 atom stereocenters. The number of aromatic carboxylic acids is 1. The average molecular weight is 442 g/mol. The fourth-order valence-corrected chi connectivity index (χ4v) is 3.31. The van der Waals surface area contributed by atoms with Crippen molar-refractivity contribution in [2.75, 3.05) is 11.9 Å². The van der Waals surface area contributed by atoms with Crippen molar-refractivity contribution in [3.63, 3.8) is 0 Å². The third-order valence-corrected chi connectivity index (χ3v) is 4.93. The zero-order valence-electron chi connectivity index (χ0n) is 16.7. The number of rotatable bonds is 8. The van der Waals surface area contributed by atoms with Crippen LogP contribution in [0.25, 0.3) is 0 Å². The Morgan fingerprint density at radius 2 is 1.84 bits per heavy atom. The number of hydrogen-bond donors (Lipinski definition) is 3. The second kappa shape index (κ2) is 10.0. The van der Waals surface area contributed by atoms with Gasteiger partial charge in [-0.1, -0.05) is 41.9 Å². The van der Waals surface area contributed by atoms with E-state index < -0.39 is 17.9 Å². The molecule has 0 saturated carbocycles.